The van der Waals surface area contributed by atoms with Gasteiger partial charge in [-0.05, 0) is 43.7 Å². The van der Waals surface area contributed by atoms with E-state index in [4.69, 9.17) is 4.98 Å². The molecule has 1 aliphatic rings. The number of aromatic nitrogens is 1. The van der Waals surface area contributed by atoms with Crippen molar-refractivity contribution in [3.05, 3.63) is 64.7 Å². The van der Waals surface area contributed by atoms with Gasteiger partial charge in [-0.2, -0.15) is 0 Å². The van der Waals surface area contributed by atoms with Gasteiger partial charge in [0, 0.05) is 13.1 Å². The fourth-order valence-electron chi connectivity index (χ4n) is 3.42. The van der Waals surface area contributed by atoms with Crippen LogP contribution in [0.4, 0.5) is 0 Å². The van der Waals surface area contributed by atoms with E-state index >= 15 is 0 Å². The molecular formula is C21H23N3OS. The molecule has 0 aliphatic carbocycles. The third kappa shape index (κ3) is 3.37. The zero-order chi connectivity index (χ0) is 18.1. The molecule has 0 saturated carbocycles. The molecule has 0 N–H and O–H groups in total. The van der Waals surface area contributed by atoms with Gasteiger partial charge in [0.05, 0.1) is 22.8 Å². The number of benzene rings is 2. The van der Waals surface area contributed by atoms with Crippen molar-refractivity contribution < 1.29 is 4.79 Å². The zero-order valence-corrected chi connectivity index (χ0v) is 16.0. The van der Waals surface area contributed by atoms with Gasteiger partial charge in [0.15, 0.2) is 0 Å². The molecule has 4 nitrogen and oxygen atoms in total. The Morgan fingerprint density at radius 3 is 2.73 bits per heavy atom. The molecule has 1 atom stereocenters. The van der Waals surface area contributed by atoms with Crippen LogP contribution in [-0.2, 0) is 17.8 Å². The van der Waals surface area contributed by atoms with Crippen molar-refractivity contribution in [3.8, 4) is 0 Å². The number of amides is 1. The van der Waals surface area contributed by atoms with E-state index in [9.17, 15) is 4.79 Å². The second kappa shape index (κ2) is 7.17. The number of carbonyl (C=O) groups excluding carboxylic acids is 1. The summed E-state index contributed by atoms with van der Waals surface area (Å²) in [6.07, 6.45) is 0.944. The first kappa shape index (κ1) is 17.2. The van der Waals surface area contributed by atoms with Crippen molar-refractivity contribution in [2.24, 2.45) is 0 Å². The summed E-state index contributed by atoms with van der Waals surface area (Å²) in [7, 11) is 2.01. The lowest BCUT2D eigenvalue weighted by Crippen LogP contribution is -2.42. The molecule has 0 spiro atoms. The molecule has 2 heterocycles. The molecule has 5 heteroatoms. The first-order valence-electron chi connectivity index (χ1n) is 9.02. The molecule has 1 amide bonds. The highest BCUT2D eigenvalue weighted by atomic mass is 32.1. The van der Waals surface area contributed by atoms with Crippen molar-refractivity contribution in [3.63, 3.8) is 0 Å². The highest BCUT2D eigenvalue weighted by molar-refractivity contribution is 7.18. The summed E-state index contributed by atoms with van der Waals surface area (Å²) in [6.45, 7) is 4.06. The van der Waals surface area contributed by atoms with Crippen molar-refractivity contribution in [1.82, 2.24) is 14.8 Å². The monoisotopic (exact) mass is 365 g/mol. The van der Waals surface area contributed by atoms with Crippen LogP contribution in [0, 0.1) is 0 Å². The number of thiazole rings is 1. The van der Waals surface area contributed by atoms with Crippen LogP contribution in [0.15, 0.2) is 48.5 Å². The quantitative estimate of drug-likeness (QED) is 0.704. The average molecular weight is 366 g/mol. The third-order valence-corrected chi connectivity index (χ3v) is 6.40. The van der Waals surface area contributed by atoms with Gasteiger partial charge in [-0.3, -0.25) is 9.69 Å². The number of hydrogen-bond acceptors (Lipinski definition) is 4. The molecular weight excluding hydrogens is 342 g/mol. The van der Waals surface area contributed by atoms with Gasteiger partial charge in [0.1, 0.15) is 5.01 Å². The Kier molecular flexibility index (Phi) is 4.74. The first-order chi connectivity index (χ1) is 12.6. The maximum atomic E-state index is 12.8. The predicted octanol–water partition coefficient (Wildman–Crippen LogP) is 3.87. The number of para-hydroxylation sites is 1. The molecule has 1 aromatic heterocycles. The minimum Gasteiger partial charge on any atom is -0.337 e. The average Bonchev–Trinajstić information content (AvgIpc) is 3.11. The number of carbonyl (C=O) groups is 1. The summed E-state index contributed by atoms with van der Waals surface area (Å²) >= 11 is 1.71. The Bertz CT molecular complexity index is 903. The SMILES string of the molecule is C[C@@H](c1nc2ccccc2s1)N(C)CC(=O)N1CCc2ccccc2C1. The maximum Gasteiger partial charge on any atom is 0.237 e. The minimum atomic E-state index is 0.119. The van der Waals surface area contributed by atoms with E-state index in [1.54, 1.807) is 11.3 Å². The van der Waals surface area contributed by atoms with Crippen molar-refractivity contribution >= 4 is 27.5 Å². The summed E-state index contributed by atoms with van der Waals surface area (Å²) in [6, 6.07) is 16.7. The molecule has 0 radical (unpaired) electrons. The van der Waals surface area contributed by atoms with E-state index in [0.29, 0.717) is 6.54 Å². The molecule has 0 unspecified atom stereocenters. The van der Waals surface area contributed by atoms with Crippen LogP contribution >= 0.6 is 11.3 Å². The minimum absolute atomic E-state index is 0.119. The molecule has 3 aromatic rings. The van der Waals surface area contributed by atoms with Crippen LogP contribution in [0.25, 0.3) is 10.2 Å². The van der Waals surface area contributed by atoms with Gasteiger partial charge < -0.3 is 4.90 Å². The lowest BCUT2D eigenvalue weighted by Gasteiger charge is -2.31. The van der Waals surface area contributed by atoms with Crippen LogP contribution in [0.5, 0.6) is 0 Å². The number of fused-ring (bicyclic) bond motifs is 2. The smallest absolute Gasteiger partial charge is 0.237 e. The van der Waals surface area contributed by atoms with Gasteiger partial charge in [0.25, 0.3) is 0 Å². The Hall–Kier alpha value is -2.24. The summed E-state index contributed by atoms with van der Waals surface area (Å²) in [4.78, 5) is 21.6. The molecule has 0 fully saturated rings. The van der Waals surface area contributed by atoms with E-state index in [0.717, 1.165) is 30.0 Å². The summed E-state index contributed by atoms with van der Waals surface area (Å²) in [5.41, 5.74) is 3.67. The topological polar surface area (TPSA) is 36.4 Å². The molecule has 1 aliphatic heterocycles. The van der Waals surface area contributed by atoms with Gasteiger partial charge in [-0.1, -0.05) is 36.4 Å². The summed E-state index contributed by atoms with van der Waals surface area (Å²) in [5.74, 6) is 0.190. The van der Waals surface area contributed by atoms with E-state index in [1.807, 2.05) is 36.2 Å². The van der Waals surface area contributed by atoms with Crippen LogP contribution in [0.1, 0.15) is 29.1 Å². The maximum absolute atomic E-state index is 12.8. The number of nitrogens with zero attached hydrogens (tertiary/aromatic N) is 3. The van der Waals surface area contributed by atoms with Crippen LogP contribution in [0.2, 0.25) is 0 Å². The zero-order valence-electron chi connectivity index (χ0n) is 15.2. The van der Waals surface area contributed by atoms with E-state index < -0.39 is 0 Å². The van der Waals surface area contributed by atoms with Crippen LogP contribution in [-0.4, -0.2) is 40.8 Å². The third-order valence-electron chi connectivity index (χ3n) is 5.20. The molecule has 0 bridgehead atoms. The Morgan fingerprint density at radius 1 is 1.19 bits per heavy atom. The van der Waals surface area contributed by atoms with E-state index in [1.165, 1.54) is 15.8 Å². The van der Waals surface area contributed by atoms with Crippen molar-refractivity contribution in [2.75, 3.05) is 20.1 Å². The Balaban J connectivity index is 1.42. The second-order valence-electron chi connectivity index (χ2n) is 6.94. The number of hydrogen-bond donors (Lipinski definition) is 0. The fraction of sp³-hybridized carbons (Fsp3) is 0.333. The van der Waals surface area contributed by atoms with E-state index in [2.05, 4.69) is 36.1 Å². The second-order valence-corrected chi connectivity index (χ2v) is 8.01. The van der Waals surface area contributed by atoms with Crippen molar-refractivity contribution in [1.29, 1.82) is 0 Å². The highest BCUT2D eigenvalue weighted by Gasteiger charge is 2.24. The van der Waals surface area contributed by atoms with Gasteiger partial charge in [0.2, 0.25) is 5.91 Å². The fourth-order valence-corrected chi connectivity index (χ4v) is 4.50. The first-order valence-corrected chi connectivity index (χ1v) is 9.84. The number of rotatable bonds is 4. The number of likely N-dealkylation sites (N-methyl/N-ethyl adjacent to an activating group) is 1. The predicted molar refractivity (Wildman–Crippen MR) is 106 cm³/mol. The summed E-state index contributed by atoms with van der Waals surface area (Å²) in [5, 5.41) is 1.06. The standard InChI is InChI=1S/C21H23N3OS/c1-15(21-22-18-9-5-6-10-19(18)26-21)23(2)14-20(25)24-12-11-16-7-3-4-8-17(16)13-24/h3-10,15H,11-14H2,1-2H3/t15-/m0/s1. The molecule has 26 heavy (non-hydrogen) atoms. The Labute approximate surface area is 158 Å². The Morgan fingerprint density at radius 2 is 1.92 bits per heavy atom. The molecule has 4 rings (SSSR count). The lowest BCUT2D eigenvalue weighted by molar-refractivity contribution is -0.133. The molecule has 134 valence electrons. The normalized spacial score (nSPS) is 15.3. The lowest BCUT2D eigenvalue weighted by atomic mass is 10.00. The molecule has 0 saturated heterocycles. The molecule has 2 aromatic carbocycles. The summed E-state index contributed by atoms with van der Waals surface area (Å²) < 4.78 is 1.20. The van der Waals surface area contributed by atoms with Gasteiger partial charge in [-0.15, -0.1) is 11.3 Å². The van der Waals surface area contributed by atoms with Crippen molar-refractivity contribution in [2.45, 2.75) is 25.9 Å². The largest absolute Gasteiger partial charge is 0.337 e. The van der Waals surface area contributed by atoms with Crippen LogP contribution in [0.3, 0.4) is 0 Å². The highest BCUT2D eigenvalue weighted by Crippen LogP contribution is 2.29. The van der Waals surface area contributed by atoms with Crippen LogP contribution < -0.4 is 0 Å². The van der Waals surface area contributed by atoms with Gasteiger partial charge >= 0.3 is 0 Å². The van der Waals surface area contributed by atoms with E-state index in [-0.39, 0.29) is 11.9 Å². The van der Waals surface area contributed by atoms with Gasteiger partial charge in [-0.25, -0.2) is 4.98 Å².